The third-order valence-electron chi connectivity index (χ3n) is 3.45. The van der Waals surface area contributed by atoms with Crippen molar-refractivity contribution in [2.24, 2.45) is 0 Å². The molecule has 2 aromatic heterocycles. The number of carbonyl (C=O) groups excluding carboxylic acids is 1. The molecule has 0 unspecified atom stereocenters. The highest BCUT2D eigenvalue weighted by Gasteiger charge is 2.32. The highest BCUT2D eigenvalue weighted by molar-refractivity contribution is 5.79. The zero-order chi connectivity index (χ0) is 15.5. The largest absolute Gasteiger partial charge is 0.486 e. The molecule has 0 atom stereocenters. The summed E-state index contributed by atoms with van der Waals surface area (Å²) in [5, 5.41) is 0. The van der Waals surface area contributed by atoms with Gasteiger partial charge in [0, 0.05) is 18.5 Å². The number of hydrogen-bond donors (Lipinski definition) is 0. The van der Waals surface area contributed by atoms with Gasteiger partial charge in [0.25, 0.3) is 0 Å². The normalized spacial score (nSPS) is 14.5. The van der Waals surface area contributed by atoms with E-state index in [-0.39, 0.29) is 12.0 Å². The predicted molar refractivity (Wildman–Crippen MR) is 78.7 cm³/mol. The van der Waals surface area contributed by atoms with E-state index in [9.17, 15) is 9.59 Å². The number of aromatic nitrogens is 1. The Morgan fingerprint density at radius 3 is 2.95 bits per heavy atom. The fourth-order valence-electron chi connectivity index (χ4n) is 2.34. The summed E-state index contributed by atoms with van der Waals surface area (Å²) in [6.45, 7) is 2.75. The summed E-state index contributed by atoms with van der Waals surface area (Å²) >= 11 is 0. The highest BCUT2D eigenvalue weighted by Crippen LogP contribution is 2.18. The Morgan fingerprint density at radius 2 is 2.27 bits per heavy atom. The first-order valence-electron chi connectivity index (χ1n) is 7.05. The van der Waals surface area contributed by atoms with Gasteiger partial charge in [0.1, 0.15) is 17.6 Å². The topological polar surface area (TPSA) is 72.6 Å². The van der Waals surface area contributed by atoms with Crippen molar-refractivity contribution >= 4 is 5.91 Å². The molecule has 0 aromatic carbocycles. The van der Waals surface area contributed by atoms with E-state index in [0.29, 0.717) is 31.0 Å². The second-order valence-electron chi connectivity index (χ2n) is 5.30. The van der Waals surface area contributed by atoms with E-state index in [0.717, 1.165) is 5.56 Å². The lowest BCUT2D eigenvalue weighted by atomic mass is 10.1. The van der Waals surface area contributed by atoms with Crippen LogP contribution in [0.1, 0.15) is 11.3 Å². The molecule has 1 aliphatic heterocycles. The number of carbonyl (C=O) groups is 1. The van der Waals surface area contributed by atoms with Crippen LogP contribution in [0.3, 0.4) is 0 Å². The summed E-state index contributed by atoms with van der Waals surface area (Å²) in [6.07, 6.45) is 3.63. The third kappa shape index (κ3) is 3.33. The van der Waals surface area contributed by atoms with Gasteiger partial charge in [0.2, 0.25) is 5.91 Å². The van der Waals surface area contributed by atoms with Gasteiger partial charge in [-0.15, -0.1) is 0 Å². The zero-order valence-electron chi connectivity index (χ0n) is 12.2. The van der Waals surface area contributed by atoms with Crippen molar-refractivity contribution in [1.82, 2.24) is 9.88 Å². The van der Waals surface area contributed by atoms with Gasteiger partial charge in [-0.05, 0) is 18.6 Å². The number of hydrogen-bond acceptors (Lipinski definition) is 5. The van der Waals surface area contributed by atoms with Gasteiger partial charge in [0.05, 0.1) is 25.6 Å². The number of amides is 1. The summed E-state index contributed by atoms with van der Waals surface area (Å²) in [6, 6.07) is 6.67. The maximum Gasteiger partial charge on any atom is 0.339 e. The Balaban J connectivity index is 1.51. The molecule has 3 heterocycles. The van der Waals surface area contributed by atoms with Crippen molar-refractivity contribution in [3.63, 3.8) is 0 Å². The Hall–Kier alpha value is -2.63. The van der Waals surface area contributed by atoms with Gasteiger partial charge < -0.3 is 14.1 Å². The van der Waals surface area contributed by atoms with Crippen molar-refractivity contribution in [2.75, 3.05) is 13.1 Å². The van der Waals surface area contributed by atoms with Crippen LogP contribution in [0.25, 0.3) is 0 Å². The summed E-state index contributed by atoms with van der Waals surface area (Å²) in [5.41, 5.74) is 0.465. The van der Waals surface area contributed by atoms with Gasteiger partial charge in [-0.25, -0.2) is 4.79 Å². The van der Waals surface area contributed by atoms with E-state index in [2.05, 4.69) is 4.98 Å². The molecule has 0 radical (unpaired) electrons. The second kappa shape index (κ2) is 6.01. The minimum Gasteiger partial charge on any atom is -0.486 e. The van der Waals surface area contributed by atoms with E-state index in [1.807, 2.05) is 12.1 Å². The lowest BCUT2D eigenvalue weighted by Crippen LogP contribution is -2.56. The van der Waals surface area contributed by atoms with Crippen LogP contribution < -0.4 is 10.4 Å². The number of nitrogens with zero attached hydrogens (tertiary/aromatic N) is 2. The summed E-state index contributed by atoms with van der Waals surface area (Å²) in [4.78, 5) is 29.1. The van der Waals surface area contributed by atoms with Gasteiger partial charge in [0.15, 0.2) is 0 Å². The summed E-state index contributed by atoms with van der Waals surface area (Å²) < 4.78 is 10.5. The van der Waals surface area contributed by atoms with Crippen LogP contribution in [0, 0.1) is 6.92 Å². The minimum absolute atomic E-state index is 0.0524. The molecule has 1 fully saturated rings. The molecule has 0 N–H and O–H groups in total. The molecule has 114 valence electrons. The quantitative estimate of drug-likeness (QED) is 0.847. The summed E-state index contributed by atoms with van der Waals surface area (Å²) in [7, 11) is 0. The number of aryl methyl sites for hydroxylation is 1. The van der Waals surface area contributed by atoms with Crippen molar-refractivity contribution < 1.29 is 13.9 Å². The van der Waals surface area contributed by atoms with Gasteiger partial charge in [-0.1, -0.05) is 6.07 Å². The van der Waals surface area contributed by atoms with E-state index in [1.54, 1.807) is 30.3 Å². The lowest BCUT2D eigenvalue weighted by Gasteiger charge is -2.39. The molecule has 0 bridgehead atoms. The van der Waals surface area contributed by atoms with E-state index in [1.165, 1.54) is 6.07 Å². The third-order valence-corrected chi connectivity index (χ3v) is 3.45. The molecule has 0 saturated carbocycles. The van der Waals surface area contributed by atoms with Crippen LogP contribution in [0.2, 0.25) is 0 Å². The lowest BCUT2D eigenvalue weighted by molar-refractivity contribution is -0.139. The van der Waals surface area contributed by atoms with Crippen LogP contribution in [0.4, 0.5) is 0 Å². The van der Waals surface area contributed by atoms with Crippen LogP contribution in [0.5, 0.6) is 5.75 Å². The fraction of sp³-hybridized carbons (Fsp3) is 0.312. The number of rotatable bonds is 4. The number of likely N-dealkylation sites (tertiary alicyclic amines) is 1. The van der Waals surface area contributed by atoms with Gasteiger partial charge in [-0.3, -0.25) is 9.78 Å². The number of pyridine rings is 1. The smallest absolute Gasteiger partial charge is 0.339 e. The van der Waals surface area contributed by atoms with Crippen molar-refractivity contribution in [1.29, 1.82) is 0 Å². The average Bonchev–Trinajstić information content (AvgIpc) is 2.42. The first kappa shape index (κ1) is 14.3. The molecule has 2 aromatic rings. The van der Waals surface area contributed by atoms with Crippen molar-refractivity contribution in [3.05, 3.63) is 58.4 Å². The van der Waals surface area contributed by atoms with E-state index < -0.39 is 5.63 Å². The minimum atomic E-state index is -0.432. The maximum absolute atomic E-state index is 12.1. The SMILES string of the molecule is Cc1cc(OC2CN(C(=O)Cc3cccnc3)C2)cc(=O)o1. The number of ether oxygens (including phenoxy) is 1. The first-order valence-corrected chi connectivity index (χ1v) is 7.05. The van der Waals surface area contributed by atoms with Crippen LogP contribution >= 0.6 is 0 Å². The highest BCUT2D eigenvalue weighted by atomic mass is 16.5. The first-order chi connectivity index (χ1) is 10.6. The maximum atomic E-state index is 12.1. The van der Waals surface area contributed by atoms with Crippen molar-refractivity contribution in [3.8, 4) is 5.75 Å². The fourth-order valence-corrected chi connectivity index (χ4v) is 2.34. The molecular formula is C16H16N2O4. The van der Waals surface area contributed by atoms with E-state index in [4.69, 9.17) is 9.15 Å². The summed E-state index contributed by atoms with van der Waals surface area (Å²) in [5.74, 6) is 1.04. The molecule has 1 aliphatic rings. The van der Waals surface area contributed by atoms with Crippen molar-refractivity contribution in [2.45, 2.75) is 19.4 Å². The van der Waals surface area contributed by atoms with Gasteiger partial charge >= 0.3 is 5.63 Å². The molecule has 6 nitrogen and oxygen atoms in total. The van der Waals surface area contributed by atoms with Crippen LogP contribution in [0.15, 0.2) is 45.9 Å². The average molecular weight is 300 g/mol. The predicted octanol–water partition coefficient (Wildman–Crippen LogP) is 1.18. The standard InChI is InChI=1S/C16H16N2O4/c1-11-5-13(7-16(20)21-11)22-14-9-18(10-14)15(19)6-12-3-2-4-17-8-12/h2-5,7-8,14H,6,9-10H2,1H3. The van der Waals surface area contributed by atoms with Crippen LogP contribution in [-0.4, -0.2) is 35.0 Å². The Bertz CT molecular complexity index is 720. The van der Waals surface area contributed by atoms with Gasteiger partial charge in [-0.2, -0.15) is 0 Å². The van der Waals surface area contributed by atoms with Crippen LogP contribution in [-0.2, 0) is 11.2 Å². The molecular weight excluding hydrogens is 284 g/mol. The Kier molecular flexibility index (Phi) is 3.91. The Labute approximate surface area is 127 Å². The molecule has 0 spiro atoms. The molecule has 3 rings (SSSR count). The molecule has 1 amide bonds. The molecule has 0 aliphatic carbocycles. The van der Waals surface area contributed by atoms with E-state index >= 15 is 0 Å². The zero-order valence-corrected chi connectivity index (χ0v) is 12.2. The molecule has 6 heteroatoms. The Morgan fingerprint density at radius 1 is 1.45 bits per heavy atom. The monoisotopic (exact) mass is 300 g/mol. The molecule has 1 saturated heterocycles. The molecule has 22 heavy (non-hydrogen) atoms. The second-order valence-corrected chi connectivity index (χ2v) is 5.30.